The van der Waals surface area contributed by atoms with Gasteiger partial charge in [-0.1, -0.05) is 51.1 Å². The summed E-state index contributed by atoms with van der Waals surface area (Å²) in [6.07, 6.45) is 0. The first-order chi connectivity index (χ1) is 12.2. The number of carbonyl (C=O) groups excluding carboxylic acids is 3. The topological polar surface area (TPSA) is 128 Å². The van der Waals surface area contributed by atoms with Gasteiger partial charge in [0, 0.05) is 7.05 Å². The van der Waals surface area contributed by atoms with E-state index in [1.807, 2.05) is 0 Å². The van der Waals surface area contributed by atoms with Crippen molar-refractivity contribution in [1.82, 2.24) is 16.1 Å². The van der Waals surface area contributed by atoms with Crippen LogP contribution in [0.25, 0.3) is 0 Å². The summed E-state index contributed by atoms with van der Waals surface area (Å²) >= 11 is 0. The van der Waals surface area contributed by atoms with E-state index in [1.165, 1.54) is 12.5 Å². The van der Waals surface area contributed by atoms with E-state index in [0.29, 0.717) is 5.56 Å². The van der Waals surface area contributed by atoms with Crippen molar-refractivity contribution in [2.45, 2.75) is 32.7 Å². The molecule has 0 radical (unpaired) electrons. The standard InChI is InChI=1S/C18H27N3O5/c1-18(2,3)14(17(25)19-4)20-16(24)13(11-8-6-5-7-9-11)12(10-22)15(23)21-26/h5-9,12-14,22,26H,10H2,1-4H3,(H,19,25)(H,20,24)(H,21,23)/t12-,13+,14+/m0/s1. The molecule has 3 atom stereocenters. The second-order valence-corrected chi connectivity index (χ2v) is 7.08. The lowest BCUT2D eigenvalue weighted by molar-refractivity contribution is -0.140. The van der Waals surface area contributed by atoms with Gasteiger partial charge < -0.3 is 15.7 Å². The number of hydrogen-bond donors (Lipinski definition) is 5. The lowest BCUT2D eigenvalue weighted by atomic mass is 9.82. The van der Waals surface area contributed by atoms with Crippen LogP contribution in [0.5, 0.6) is 0 Å². The van der Waals surface area contributed by atoms with Gasteiger partial charge in [0.15, 0.2) is 0 Å². The first-order valence-corrected chi connectivity index (χ1v) is 8.29. The number of nitrogens with one attached hydrogen (secondary N) is 3. The summed E-state index contributed by atoms with van der Waals surface area (Å²) in [6.45, 7) is 4.75. The molecule has 0 heterocycles. The average molecular weight is 365 g/mol. The Hall–Kier alpha value is -2.45. The molecule has 1 rings (SSSR count). The first kappa shape index (κ1) is 21.6. The molecular weight excluding hydrogens is 338 g/mol. The monoisotopic (exact) mass is 365 g/mol. The Labute approximate surface area is 152 Å². The van der Waals surface area contributed by atoms with Gasteiger partial charge in [0.2, 0.25) is 17.7 Å². The number of carbonyl (C=O) groups is 3. The zero-order valence-corrected chi connectivity index (χ0v) is 15.4. The van der Waals surface area contributed by atoms with E-state index in [2.05, 4.69) is 10.6 Å². The minimum Gasteiger partial charge on any atom is -0.396 e. The fourth-order valence-corrected chi connectivity index (χ4v) is 2.70. The molecule has 0 fully saturated rings. The summed E-state index contributed by atoms with van der Waals surface area (Å²) in [5, 5.41) is 23.8. The number of aliphatic hydroxyl groups is 1. The molecule has 0 bridgehead atoms. The number of likely N-dealkylation sites (N-methyl/N-ethyl adjacent to an activating group) is 1. The largest absolute Gasteiger partial charge is 0.396 e. The summed E-state index contributed by atoms with van der Waals surface area (Å²) in [5.41, 5.74) is 1.39. The predicted octanol–water partition coefficient (Wildman–Crippen LogP) is 0.161. The lowest BCUT2D eigenvalue weighted by Crippen LogP contribution is -2.55. The van der Waals surface area contributed by atoms with Gasteiger partial charge in [-0.25, -0.2) is 5.48 Å². The molecule has 0 aromatic heterocycles. The fraction of sp³-hybridized carbons (Fsp3) is 0.500. The van der Waals surface area contributed by atoms with Crippen LogP contribution in [0, 0.1) is 11.3 Å². The Morgan fingerprint density at radius 3 is 2.04 bits per heavy atom. The second kappa shape index (κ2) is 9.30. The molecule has 1 aromatic rings. The first-order valence-electron chi connectivity index (χ1n) is 8.29. The molecule has 0 saturated carbocycles. The minimum absolute atomic E-state index is 0.371. The highest BCUT2D eigenvalue weighted by atomic mass is 16.5. The van der Waals surface area contributed by atoms with Crippen molar-refractivity contribution in [3.63, 3.8) is 0 Å². The van der Waals surface area contributed by atoms with Gasteiger partial charge in [0.25, 0.3) is 0 Å². The molecule has 0 unspecified atom stereocenters. The van der Waals surface area contributed by atoms with Gasteiger partial charge in [-0.05, 0) is 11.0 Å². The highest BCUT2D eigenvalue weighted by Crippen LogP contribution is 2.27. The SMILES string of the molecule is CNC(=O)[C@@H](NC(=O)[C@H](c1ccccc1)[C@H](CO)C(=O)NO)C(C)(C)C. The quantitative estimate of drug-likeness (QED) is 0.347. The summed E-state index contributed by atoms with van der Waals surface area (Å²) in [5.74, 6) is -4.15. The van der Waals surface area contributed by atoms with Crippen molar-refractivity contribution < 1.29 is 24.7 Å². The van der Waals surface area contributed by atoms with Crippen LogP contribution in [0.4, 0.5) is 0 Å². The van der Waals surface area contributed by atoms with E-state index in [9.17, 15) is 19.5 Å². The molecule has 3 amide bonds. The number of benzene rings is 1. The third kappa shape index (κ3) is 5.27. The van der Waals surface area contributed by atoms with E-state index >= 15 is 0 Å². The van der Waals surface area contributed by atoms with E-state index in [-0.39, 0.29) is 5.91 Å². The molecule has 8 nitrogen and oxygen atoms in total. The fourth-order valence-electron chi connectivity index (χ4n) is 2.70. The van der Waals surface area contributed by atoms with Crippen molar-refractivity contribution >= 4 is 17.7 Å². The summed E-state index contributed by atoms with van der Waals surface area (Å²) < 4.78 is 0. The number of rotatable bonds is 7. The van der Waals surface area contributed by atoms with Crippen molar-refractivity contribution in [2.75, 3.05) is 13.7 Å². The number of hydroxylamine groups is 1. The van der Waals surface area contributed by atoms with Crippen LogP contribution in [-0.2, 0) is 14.4 Å². The molecule has 0 spiro atoms. The molecule has 144 valence electrons. The number of aliphatic hydroxyl groups excluding tert-OH is 1. The number of hydrogen-bond acceptors (Lipinski definition) is 5. The van der Waals surface area contributed by atoms with Crippen LogP contribution in [-0.4, -0.2) is 47.7 Å². The molecule has 0 aliphatic carbocycles. The molecule has 26 heavy (non-hydrogen) atoms. The Morgan fingerprint density at radius 1 is 1.04 bits per heavy atom. The number of amides is 3. The Kier molecular flexibility index (Phi) is 7.73. The zero-order chi connectivity index (χ0) is 19.9. The van der Waals surface area contributed by atoms with E-state index < -0.39 is 41.7 Å². The normalized spacial score (nSPS) is 14.7. The highest BCUT2D eigenvalue weighted by molar-refractivity contribution is 5.94. The Balaban J connectivity index is 3.27. The van der Waals surface area contributed by atoms with Gasteiger partial charge in [-0.3, -0.25) is 19.6 Å². The van der Waals surface area contributed by atoms with Crippen molar-refractivity contribution in [3.05, 3.63) is 35.9 Å². The molecular formula is C18H27N3O5. The molecule has 8 heteroatoms. The van der Waals surface area contributed by atoms with Crippen LogP contribution in [0.15, 0.2) is 30.3 Å². The van der Waals surface area contributed by atoms with Gasteiger partial charge in [-0.2, -0.15) is 0 Å². The highest BCUT2D eigenvalue weighted by Gasteiger charge is 2.39. The van der Waals surface area contributed by atoms with Crippen molar-refractivity contribution in [1.29, 1.82) is 0 Å². The van der Waals surface area contributed by atoms with Crippen LogP contribution >= 0.6 is 0 Å². The smallest absolute Gasteiger partial charge is 0.249 e. The Morgan fingerprint density at radius 2 is 1.62 bits per heavy atom. The predicted molar refractivity (Wildman–Crippen MR) is 95.1 cm³/mol. The van der Waals surface area contributed by atoms with Crippen LogP contribution < -0.4 is 16.1 Å². The third-order valence-electron chi connectivity index (χ3n) is 4.15. The third-order valence-corrected chi connectivity index (χ3v) is 4.15. The lowest BCUT2D eigenvalue weighted by Gasteiger charge is -2.32. The summed E-state index contributed by atoms with van der Waals surface area (Å²) in [6, 6.07) is 7.58. The molecule has 0 aliphatic rings. The van der Waals surface area contributed by atoms with E-state index in [1.54, 1.807) is 51.1 Å². The maximum absolute atomic E-state index is 13.0. The average Bonchev–Trinajstić information content (AvgIpc) is 2.62. The van der Waals surface area contributed by atoms with Gasteiger partial charge in [-0.15, -0.1) is 0 Å². The minimum atomic E-state index is -1.22. The molecule has 0 aliphatic heterocycles. The van der Waals surface area contributed by atoms with Crippen molar-refractivity contribution in [2.24, 2.45) is 11.3 Å². The van der Waals surface area contributed by atoms with Crippen LogP contribution in [0.3, 0.4) is 0 Å². The summed E-state index contributed by atoms with van der Waals surface area (Å²) in [7, 11) is 1.47. The van der Waals surface area contributed by atoms with E-state index in [0.717, 1.165) is 0 Å². The van der Waals surface area contributed by atoms with Gasteiger partial charge >= 0.3 is 0 Å². The summed E-state index contributed by atoms with van der Waals surface area (Å²) in [4.78, 5) is 37.1. The maximum atomic E-state index is 13.0. The maximum Gasteiger partial charge on any atom is 0.249 e. The van der Waals surface area contributed by atoms with E-state index in [4.69, 9.17) is 5.21 Å². The van der Waals surface area contributed by atoms with Gasteiger partial charge in [0.1, 0.15) is 6.04 Å². The molecule has 1 aromatic carbocycles. The van der Waals surface area contributed by atoms with Gasteiger partial charge in [0.05, 0.1) is 18.4 Å². The molecule has 5 N–H and O–H groups in total. The van der Waals surface area contributed by atoms with Crippen molar-refractivity contribution in [3.8, 4) is 0 Å². The zero-order valence-electron chi connectivity index (χ0n) is 15.4. The Bertz CT molecular complexity index is 627. The van der Waals surface area contributed by atoms with Crippen LogP contribution in [0.2, 0.25) is 0 Å². The second-order valence-electron chi connectivity index (χ2n) is 7.08. The van der Waals surface area contributed by atoms with Crippen LogP contribution in [0.1, 0.15) is 32.3 Å². The molecule has 0 saturated heterocycles.